The van der Waals surface area contributed by atoms with Crippen molar-refractivity contribution in [2.75, 3.05) is 13.2 Å². The third-order valence-corrected chi connectivity index (χ3v) is 3.40. The summed E-state index contributed by atoms with van der Waals surface area (Å²) in [5.41, 5.74) is 1.10. The summed E-state index contributed by atoms with van der Waals surface area (Å²) in [6, 6.07) is 8.12. The fourth-order valence-electron chi connectivity index (χ4n) is 1.74. The first kappa shape index (κ1) is 11.1. The quantitative estimate of drug-likeness (QED) is 0.801. The molecule has 0 radical (unpaired) electrons. The summed E-state index contributed by atoms with van der Waals surface area (Å²) in [7, 11) is 0. The highest BCUT2D eigenvalue weighted by atomic mass is 127. The Balaban J connectivity index is 1.96. The fourth-order valence-corrected chi connectivity index (χ4v) is 2.10. The Morgan fingerprint density at radius 2 is 2.13 bits per heavy atom. The molecule has 0 saturated carbocycles. The van der Waals surface area contributed by atoms with E-state index in [0.717, 1.165) is 18.6 Å². The van der Waals surface area contributed by atoms with Gasteiger partial charge < -0.3 is 4.74 Å². The molecule has 0 amide bonds. The number of Topliss-reactive ketones (excluding diaryl/α,β-unsaturated/α-hetero) is 1. The normalized spacial score (nSPS) is 20.5. The summed E-state index contributed by atoms with van der Waals surface area (Å²) in [5, 5.41) is 0. The summed E-state index contributed by atoms with van der Waals surface area (Å²) in [5.74, 6) is 0.443. The number of hydrogen-bond donors (Lipinski definition) is 0. The van der Waals surface area contributed by atoms with Crippen molar-refractivity contribution >= 4 is 28.4 Å². The number of ketones is 1. The van der Waals surface area contributed by atoms with E-state index in [1.807, 2.05) is 24.3 Å². The lowest BCUT2D eigenvalue weighted by atomic mass is 9.97. The lowest BCUT2D eigenvalue weighted by molar-refractivity contribution is -0.122. The monoisotopic (exact) mass is 316 g/mol. The molecular weight excluding hydrogens is 303 g/mol. The second kappa shape index (κ2) is 5.07. The van der Waals surface area contributed by atoms with Gasteiger partial charge in [-0.15, -0.1) is 0 Å². The zero-order chi connectivity index (χ0) is 10.7. The van der Waals surface area contributed by atoms with Crippen LogP contribution >= 0.6 is 22.6 Å². The molecule has 3 heteroatoms. The predicted molar refractivity (Wildman–Crippen MR) is 66.8 cm³/mol. The fraction of sp³-hybridized carbons (Fsp3) is 0.417. The Morgan fingerprint density at radius 3 is 2.73 bits per heavy atom. The molecule has 1 heterocycles. The largest absolute Gasteiger partial charge is 0.381 e. The van der Waals surface area contributed by atoms with Gasteiger partial charge in [-0.25, -0.2) is 0 Å². The van der Waals surface area contributed by atoms with Crippen molar-refractivity contribution in [3.8, 4) is 0 Å². The first-order valence-electron chi connectivity index (χ1n) is 5.10. The van der Waals surface area contributed by atoms with Gasteiger partial charge in [0.1, 0.15) is 5.78 Å². The summed E-state index contributed by atoms with van der Waals surface area (Å²) in [4.78, 5) is 11.8. The zero-order valence-electron chi connectivity index (χ0n) is 8.41. The maximum Gasteiger partial charge on any atom is 0.142 e. The Hall–Kier alpha value is -0.420. The number of carbonyl (C=O) groups is 1. The van der Waals surface area contributed by atoms with Crippen molar-refractivity contribution in [1.82, 2.24) is 0 Å². The van der Waals surface area contributed by atoms with Crippen molar-refractivity contribution in [3.05, 3.63) is 33.4 Å². The second-order valence-corrected chi connectivity index (χ2v) is 5.08. The maximum absolute atomic E-state index is 11.8. The van der Waals surface area contributed by atoms with Crippen LogP contribution in [0.15, 0.2) is 24.3 Å². The highest BCUT2D eigenvalue weighted by Gasteiger charge is 2.23. The Morgan fingerprint density at radius 1 is 1.40 bits per heavy atom. The molecule has 1 fully saturated rings. The molecule has 2 nitrogen and oxygen atoms in total. The van der Waals surface area contributed by atoms with Gasteiger partial charge in [-0.1, -0.05) is 12.1 Å². The van der Waals surface area contributed by atoms with Crippen LogP contribution in [0.3, 0.4) is 0 Å². The van der Waals surface area contributed by atoms with Crippen LogP contribution in [0.2, 0.25) is 0 Å². The van der Waals surface area contributed by atoms with Crippen LogP contribution < -0.4 is 0 Å². The minimum Gasteiger partial charge on any atom is -0.381 e. The summed E-state index contributed by atoms with van der Waals surface area (Å²) in [6.45, 7) is 1.35. The van der Waals surface area contributed by atoms with Crippen LogP contribution in [0.4, 0.5) is 0 Å². The standard InChI is InChI=1S/C12H13IO2/c13-11-3-1-9(2-4-11)7-12(14)10-5-6-15-8-10/h1-4,10H,5-8H2. The van der Waals surface area contributed by atoms with Crippen molar-refractivity contribution in [2.45, 2.75) is 12.8 Å². The SMILES string of the molecule is O=C(Cc1ccc(I)cc1)C1CCOC1. The van der Waals surface area contributed by atoms with E-state index >= 15 is 0 Å². The van der Waals surface area contributed by atoms with Crippen LogP contribution in [0.1, 0.15) is 12.0 Å². The molecule has 2 rings (SSSR count). The molecule has 1 saturated heterocycles. The highest BCUT2D eigenvalue weighted by molar-refractivity contribution is 14.1. The first-order valence-corrected chi connectivity index (χ1v) is 6.18. The van der Waals surface area contributed by atoms with Crippen LogP contribution in [0.5, 0.6) is 0 Å². The van der Waals surface area contributed by atoms with E-state index in [9.17, 15) is 4.79 Å². The lowest BCUT2D eigenvalue weighted by Crippen LogP contribution is -2.16. The van der Waals surface area contributed by atoms with E-state index in [1.54, 1.807) is 0 Å². The third-order valence-electron chi connectivity index (χ3n) is 2.68. The Bertz CT molecular complexity index is 339. The molecule has 80 valence electrons. The first-order chi connectivity index (χ1) is 7.25. The zero-order valence-corrected chi connectivity index (χ0v) is 10.6. The number of hydrogen-bond acceptors (Lipinski definition) is 2. The smallest absolute Gasteiger partial charge is 0.142 e. The molecule has 0 spiro atoms. The second-order valence-electron chi connectivity index (χ2n) is 3.83. The highest BCUT2D eigenvalue weighted by Crippen LogP contribution is 2.16. The number of ether oxygens (including phenoxy) is 1. The Labute approximate surface area is 103 Å². The molecule has 1 aromatic rings. The summed E-state index contributed by atoms with van der Waals surface area (Å²) in [6.07, 6.45) is 1.44. The molecule has 0 aromatic heterocycles. The van der Waals surface area contributed by atoms with E-state index in [1.165, 1.54) is 3.57 Å². The third kappa shape index (κ3) is 3.01. The van der Waals surface area contributed by atoms with Crippen molar-refractivity contribution in [3.63, 3.8) is 0 Å². The van der Waals surface area contributed by atoms with E-state index in [2.05, 4.69) is 22.6 Å². The van der Waals surface area contributed by atoms with E-state index < -0.39 is 0 Å². The average molecular weight is 316 g/mol. The van der Waals surface area contributed by atoms with Gasteiger partial charge in [0.15, 0.2) is 0 Å². The molecule has 0 bridgehead atoms. The molecule has 0 aliphatic carbocycles. The van der Waals surface area contributed by atoms with Crippen molar-refractivity contribution < 1.29 is 9.53 Å². The predicted octanol–water partition coefficient (Wildman–Crippen LogP) is 2.44. The molecule has 0 N–H and O–H groups in total. The number of carbonyl (C=O) groups excluding carboxylic acids is 1. The minimum absolute atomic E-state index is 0.129. The van der Waals surface area contributed by atoms with Crippen LogP contribution in [-0.2, 0) is 16.0 Å². The molecule has 15 heavy (non-hydrogen) atoms. The van der Waals surface area contributed by atoms with E-state index in [-0.39, 0.29) is 5.92 Å². The topological polar surface area (TPSA) is 26.3 Å². The van der Waals surface area contributed by atoms with E-state index in [4.69, 9.17) is 4.74 Å². The molecule has 1 aliphatic heterocycles. The van der Waals surface area contributed by atoms with Crippen LogP contribution in [-0.4, -0.2) is 19.0 Å². The lowest BCUT2D eigenvalue weighted by Gasteiger charge is -2.06. The molecule has 1 atom stereocenters. The molecular formula is C12H13IO2. The van der Waals surface area contributed by atoms with Gasteiger partial charge in [-0.2, -0.15) is 0 Å². The van der Waals surface area contributed by atoms with Gasteiger partial charge in [0.05, 0.1) is 6.61 Å². The van der Waals surface area contributed by atoms with Gasteiger partial charge in [-0.3, -0.25) is 4.79 Å². The van der Waals surface area contributed by atoms with Gasteiger partial charge >= 0.3 is 0 Å². The van der Waals surface area contributed by atoms with Gasteiger partial charge in [0.25, 0.3) is 0 Å². The Kier molecular flexibility index (Phi) is 3.75. The number of benzene rings is 1. The van der Waals surface area contributed by atoms with E-state index in [0.29, 0.717) is 18.8 Å². The summed E-state index contributed by atoms with van der Waals surface area (Å²) >= 11 is 2.26. The average Bonchev–Trinajstić information content (AvgIpc) is 2.74. The van der Waals surface area contributed by atoms with Gasteiger partial charge in [0, 0.05) is 22.5 Å². The van der Waals surface area contributed by atoms with Crippen LogP contribution in [0.25, 0.3) is 0 Å². The summed E-state index contributed by atoms with van der Waals surface area (Å²) < 4.78 is 6.41. The minimum atomic E-state index is 0.129. The number of halogens is 1. The maximum atomic E-state index is 11.8. The molecule has 1 aliphatic rings. The molecule has 1 unspecified atom stereocenters. The van der Waals surface area contributed by atoms with Gasteiger partial charge in [-0.05, 0) is 46.7 Å². The van der Waals surface area contributed by atoms with Crippen LogP contribution in [0, 0.1) is 9.49 Å². The molecule has 1 aromatic carbocycles. The van der Waals surface area contributed by atoms with Gasteiger partial charge in [0.2, 0.25) is 0 Å². The van der Waals surface area contributed by atoms with Crippen molar-refractivity contribution in [1.29, 1.82) is 0 Å². The number of rotatable bonds is 3. The van der Waals surface area contributed by atoms with Crippen molar-refractivity contribution in [2.24, 2.45) is 5.92 Å².